The first-order valence-corrected chi connectivity index (χ1v) is 12.3. The molecule has 33 heavy (non-hydrogen) atoms. The van der Waals surface area contributed by atoms with E-state index in [0.717, 1.165) is 11.3 Å². The Hall–Kier alpha value is -2.59. The van der Waals surface area contributed by atoms with E-state index in [4.69, 9.17) is 5.73 Å². The summed E-state index contributed by atoms with van der Waals surface area (Å²) in [6.07, 6.45) is 1.41. The standard InChI is InChI=1S/C23H25Br2N5O3/c1-28(22(32)15-10-17(24)21(26)18(25)11-15)13-20(31)29-8-6-16(7-9-29)30-12-14-4-2-3-5-19(14)27-23(30)33/h2-5,10-11,16H,6-9,12-13,26H2,1H3,(H,27,33). The lowest BCUT2D eigenvalue weighted by Crippen LogP contribution is -2.52. The van der Waals surface area contributed by atoms with Crippen molar-refractivity contribution in [2.75, 3.05) is 37.7 Å². The normalized spacial score (nSPS) is 16.3. The SMILES string of the molecule is CN(CC(=O)N1CCC(N2Cc3ccccc3NC2=O)CC1)C(=O)c1cc(Br)c(N)c(Br)c1. The molecule has 1 fully saturated rings. The molecule has 2 heterocycles. The third kappa shape index (κ3) is 5.01. The molecule has 0 atom stereocenters. The number of piperidine rings is 1. The Morgan fingerprint density at radius 1 is 1.15 bits per heavy atom. The van der Waals surface area contributed by atoms with Gasteiger partial charge >= 0.3 is 6.03 Å². The summed E-state index contributed by atoms with van der Waals surface area (Å²) in [6.45, 7) is 1.66. The second-order valence-corrected chi connectivity index (χ2v) is 10.1. The van der Waals surface area contributed by atoms with Gasteiger partial charge in [-0.25, -0.2) is 4.79 Å². The van der Waals surface area contributed by atoms with Gasteiger partial charge in [0.25, 0.3) is 5.91 Å². The Morgan fingerprint density at radius 2 is 1.79 bits per heavy atom. The van der Waals surface area contributed by atoms with Crippen molar-refractivity contribution in [1.82, 2.24) is 14.7 Å². The minimum atomic E-state index is -0.261. The number of benzene rings is 2. The predicted molar refractivity (Wildman–Crippen MR) is 134 cm³/mol. The molecule has 8 nitrogen and oxygen atoms in total. The lowest BCUT2D eigenvalue weighted by atomic mass is 10.0. The smallest absolute Gasteiger partial charge is 0.322 e. The largest absolute Gasteiger partial charge is 0.397 e. The van der Waals surface area contributed by atoms with E-state index in [1.165, 1.54) is 4.90 Å². The van der Waals surface area contributed by atoms with Gasteiger partial charge in [0.2, 0.25) is 5.91 Å². The molecule has 0 unspecified atom stereocenters. The van der Waals surface area contributed by atoms with E-state index in [9.17, 15) is 14.4 Å². The number of halogens is 2. The molecule has 2 aliphatic heterocycles. The van der Waals surface area contributed by atoms with Gasteiger partial charge in [0.05, 0.1) is 12.2 Å². The molecule has 4 rings (SSSR count). The maximum Gasteiger partial charge on any atom is 0.322 e. The van der Waals surface area contributed by atoms with Crippen LogP contribution in [-0.4, -0.2) is 65.3 Å². The van der Waals surface area contributed by atoms with Gasteiger partial charge in [-0.3, -0.25) is 9.59 Å². The van der Waals surface area contributed by atoms with Gasteiger partial charge in [-0.15, -0.1) is 0 Å². The number of likely N-dealkylation sites (N-methyl/N-ethyl adjacent to an activating group) is 1. The molecular weight excluding hydrogens is 554 g/mol. The van der Waals surface area contributed by atoms with Crippen LogP contribution < -0.4 is 11.1 Å². The molecule has 0 radical (unpaired) electrons. The van der Waals surface area contributed by atoms with Crippen LogP contribution in [0.2, 0.25) is 0 Å². The van der Waals surface area contributed by atoms with Crippen molar-refractivity contribution in [3.05, 3.63) is 56.5 Å². The number of fused-ring (bicyclic) bond motifs is 1. The molecule has 2 aliphatic rings. The van der Waals surface area contributed by atoms with Gasteiger partial charge in [0, 0.05) is 52.9 Å². The summed E-state index contributed by atoms with van der Waals surface area (Å²) >= 11 is 6.69. The molecule has 4 amide bonds. The van der Waals surface area contributed by atoms with E-state index in [0.29, 0.717) is 52.7 Å². The Bertz CT molecular complexity index is 1080. The van der Waals surface area contributed by atoms with Crippen LogP contribution in [0, 0.1) is 0 Å². The number of amides is 4. The molecular formula is C23H25Br2N5O3. The summed E-state index contributed by atoms with van der Waals surface area (Å²) in [4.78, 5) is 43.2. The summed E-state index contributed by atoms with van der Waals surface area (Å²) in [6, 6.07) is 11.1. The third-order valence-corrected chi connectivity index (χ3v) is 7.48. The zero-order valence-corrected chi connectivity index (χ0v) is 21.4. The van der Waals surface area contributed by atoms with E-state index < -0.39 is 0 Å². The highest BCUT2D eigenvalue weighted by molar-refractivity contribution is 9.11. The first-order chi connectivity index (χ1) is 15.7. The highest BCUT2D eigenvalue weighted by Gasteiger charge is 2.33. The van der Waals surface area contributed by atoms with Crippen molar-refractivity contribution in [2.24, 2.45) is 0 Å². The van der Waals surface area contributed by atoms with Gasteiger partial charge in [0.15, 0.2) is 0 Å². The number of para-hydroxylation sites is 1. The average Bonchev–Trinajstić information content (AvgIpc) is 2.81. The van der Waals surface area contributed by atoms with E-state index in [2.05, 4.69) is 37.2 Å². The van der Waals surface area contributed by atoms with Gasteiger partial charge in [-0.05, 0) is 68.5 Å². The number of nitrogens with one attached hydrogen (secondary N) is 1. The Morgan fingerprint density at radius 3 is 2.45 bits per heavy atom. The lowest BCUT2D eigenvalue weighted by Gasteiger charge is -2.40. The molecule has 0 aliphatic carbocycles. The summed E-state index contributed by atoms with van der Waals surface area (Å²) in [5, 5.41) is 2.95. The fourth-order valence-electron chi connectivity index (χ4n) is 4.25. The number of anilines is 2. The van der Waals surface area contributed by atoms with E-state index in [1.807, 2.05) is 29.2 Å². The van der Waals surface area contributed by atoms with Crippen molar-refractivity contribution in [2.45, 2.75) is 25.4 Å². The van der Waals surface area contributed by atoms with Crippen molar-refractivity contribution in [3.8, 4) is 0 Å². The number of rotatable bonds is 4. The monoisotopic (exact) mass is 577 g/mol. The van der Waals surface area contributed by atoms with Crippen LogP contribution in [0.3, 0.4) is 0 Å². The predicted octanol–water partition coefficient (Wildman–Crippen LogP) is 3.90. The molecule has 2 aromatic rings. The van der Waals surface area contributed by atoms with E-state index in [1.54, 1.807) is 24.1 Å². The van der Waals surface area contributed by atoms with Crippen LogP contribution in [-0.2, 0) is 11.3 Å². The summed E-state index contributed by atoms with van der Waals surface area (Å²) < 4.78 is 1.23. The molecule has 0 saturated carbocycles. The van der Waals surface area contributed by atoms with Gasteiger partial charge < -0.3 is 25.8 Å². The number of carbonyl (C=O) groups is 3. The first kappa shape index (κ1) is 23.6. The molecule has 0 bridgehead atoms. The van der Waals surface area contributed by atoms with Gasteiger partial charge in [-0.1, -0.05) is 18.2 Å². The van der Waals surface area contributed by atoms with Crippen LogP contribution in [0.5, 0.6) is 0 Å². The molecule has 0 spiro atoms. The minimum absolute atomic E-state index is 0.0132. The van der Waals surface area contributed by atoms with Crippen LogP contribution in [0.25, 0.3) is 0 Å². The number of urea groups is 1. The van der Waals surface area contributed by atoms with Crippen molar-refractivity contribution >= 4 is 61.1 Å². The molecule has 174 valence electrons. The maximum absolute atomic E-state index is 12.8. The Kier molecular flexibility index (Phi) is 6.94. The zero-order chi connectivity index (χ0) is 23.7. The van der Waals surface area contributed by atoms with Crippen molar-refractivity contribution < 1.29 is 14.4 Å². The van der Waals surface area contributed by atoms with Gasteiger partial charge in [-0.2, -0.15) is 0 Å². The minimum Gasteiger partial charge on any atom is -0.397 e. The molecule has 1 saturated heterocycles. The molecule has 3 N–H and O–H groups in total. The molecule has 2 aromatic carbocycles. The van der Waals surface area contributed by atoms with Crippen molar-refractivity contribution in [1.29, 1.82) is 0 Å². The molecule has 0 aromatic heterocycles. The van der Waals surface area contributed by atoms with Crippen molar-refractivity contribution in [3.63, 3.8) is 0 Å². The first-order valence-electron chi connectivity index (χ1n) is 10.7. The number of nitrogen functional groups attached to an aromatic ring is 1. The topological polar surface area (TPSA) is 99.0 Å². The quantitative estimate of drug-likeness (QED) is 0.537. The van der Waals surface area contributed by atoms with E-state index >= 15 is 0 Å². The second kappa shape index (κ2) is 9.72. The summed E-state index contributed by atoms with van der Waals surface area (Å²) in [7, 11) is 1.61. The number of carbonyl (C=O) groups excluding carboxylic acids is 3. The van der Waals surface area contributed by atoms with Crippen LogP contribution in [0.4, 0.5) is 16.2 Å². The van der Waals surface area contributed by atoms with Crippen LogP contribution in [0.15, 0.2) is 45.3 Å². The number of hydrogen-bond acceptors (Lipinski definition) is 4. The number of nitrogens with zero attached hydrogens (tertiary/aromatic N) is 3. The second-order valence-electron chi connectivity index (χ2n) is 8.34. The van der Waals surface area contributed by atoms with Gasteiger partial charge in [0.1, 0.15) is 0 Å². The molecule has 10 heteroatoms. The number of nitrogens with two attached hydrogens (primary N) is 1. The number of likely N-dealkylation sites (tertiary alicyclic amines) is 1. The third-order valence-electron chi connectivity index (χ3n) is 6.16. The highest BCUT2D eigenvalue weighted by Crippen LogP contribution is 2.30. The lowest BCUT2D eigenvalue weighted by molar-refractivity contribution is -0.133. The van der Waals surface area contributed by atoms with Crippen LogP contribution in [0.1, 0.15) is 28.8 Å². The van der Waals surface area contributed by atoms with E-state index in [-0.39, 0.29) is 30.4 Å². The fourth-order valence-corrected chi connectivity index (χ4v) is 5.43. The fraction of sp³-hybridized carbons (Fsp3) is 0.348. The van der Waals surface area contributed by atoms with Crippen LogP contribution >= 0.6 is 31.9 Å². The Labute approximate surface area is 209 Å². The average molecular weight is 579 g/mol. The highest BCUT2D eigenvalue weighted by atomic mass is 79.9. The number of hydrogen-bond donors (Lipinski definition) is 2. The summed E-state index contributed by atoms with van der Waals surface area (Å²) in [5.74, 6) is -0.366. The Balaban J connectivity index is 1.32. The summed E-state index contributed by atoms with van der Waals surface area (Å²) in [5.41, 5.74) is 8.80. The zero-order valence-electron chi connectivity index (χ0n) is 18.2. The maximum atomic E-state index is 12.8.